The Morgan fingerprint density at radius 1 is 1.07 bits per heavy atom. The van der Waals surface area contributed by atoms with Crippen molar-refractivity contribution in [2.24, 2.45) is 0 Å². The van der Waals surface area contributed by atoms with Crippen molar-refractivity contribution >= 4 is 29.4 Å². The largest absolute Gasteiger partial charge is 0.454 e. The van der Waals surface area contributed by atoms with E-state index in [1.54, 1.807) is 4.90 Å². The summed E-state index contributed by atoms with van der Waals surface area (Å²) in [6.07, 6.45) is 0.798. The van der Waals surface area contributed by atoms with Gasteiger partial charge in [-0.3, -0.25) is 14.5 Å². The van der Waals surface area contributed by atoms with Crippen LogP contribution in [0.4, 0.5) is 5.82 Å². The van der Waals surface area contributed by atoms with E-state index in [1.165, 1.54) is 11.8 Å². The number of carbonyl (C=O) groups is 2. The molecule has 2 atom stereocenters. The predicted molar refractivity (Wildman–Crippen MR) is 161 cm³/mol. The molecular weight excluding hydrogens is 536 g/mol. The van der Waals surface area contributed by atoms with Crippen LogP contribution in [0.15, 0.2) is 72.8 Å². The summed E-state index contributed by atoms with van der Waals surface area (Å²) in [6.45, 7) is 6.09. The molecule has 0 aliphatic carbocycles. The number of rotatable bonds is 7. The quantitative estimate of drug-likeness (QED) is 0.310. The van der Waals surface area contributed by atoms with Crippen LogP contribution in [0.1, 0.15) is 42.2 Å². The van der Waals surface area contributed by atoms with Gasteiger partial charge in [0.25, 0.3) is 0 Å². The Morgan fingerprint density at radius 3 is 2.66 bits per heavy atom. The van der Waals surface area contributed by atoms with Crippen LogP contribution in [-0.2, 0) is 9.59 Å². The van der Waals surface area contributed by atoms with Crippen LogP contribution >= 0.6 is 11.8 Å². The van der Waals surface area contributed by atoms with E-state index in [9.17, 15) is 9.59 Å². The van der Waals surface area contributed by atoms with Crippen LogP contribution in [0.5, 0.6) is 11.5 Å². The Morgan fingerprint density at radius 2 is 1.88 bits per heavy atom. The van der Waals surface area contributed by atoms with Crippen molar-refractivity contribution in [3.05, 3.63) is 89.5 Å². The van der Waals surface area contributed by atoms with Crippen LogP contribution in [-0.4, -0.2) is 46.7 Å². The molecule has 41 heavy (non-hydrogen) atoms. The molecular formula is C32H32N4O4S. The van der Waals surface area contributed by atoms with Gasteiger partial charge >= 0.3 is 0 Å². The lowest BCUT2D eigenvalue weighted by Gasteiger charge is -2.24. The number of aryl methyl sites for hydroxylation is 1. The lowest BCUT2D eigenvalue weighted by atomic mass is 9.99. The smallest absolute Gasteiger partial charge is 0.240 e. The van der Waals surface area contributed by atoms with E-state index in [-0.39, 0.29) is 42.2 Å². The fourth-order valence-electron chi connectivity index (χ4n) is 5.17. The van der Waals surface area contributed by atoms with Crippen molar-refractivity contribution in [2.75, 3.05) is 24.0 Å². The molecule has 210 valence electrons. The maximum Gasteiger partial charge on any atom is 0.240 e. The van der Waals surface area contributed by atoms with E-state index < -0.39 is 0 Å². The van der Waals surface area contributed by atoms with Gasteiger partial charge in [-0.25, -0.2) is 4.68 Å². The van der Waals surface area contributed by atoms with Crippen molar-refractivity contribution in [3.8, 4) is 28.4 Å². The standard InChI is InChI=1S/C32H32N4O4S/c1-4-21(3)33-27(37)17-35-28(38)18-41-31(23-13-14-25-26(16-23)40-19-39-25)29-30(22-10-6-5-7-11-22)34-36(32(29)35)24-12-8-9-20(2)15-24/h5-16,21,31H,4,17-19H2,1-3H3,(H,33,37)/t21-,31-/m1/s1. The molecule has 0 spiro atoms. The minimum Gasteiger partial charge on any atom is -0.454 e. The summed E-state index contributed by atoms with van der Waals surface area (Å²) in [5, 5.41) is 7.93. The lowest BCUT2D eigenvalue weighted by molar-refractivity contribution is -0.123. The number of fused-ring (bicyclic) bond motifs is 2. The number of carbonyl (C=O) groups excluding carboxylic acids is 2. The van der Waals surface area contributed by atoms with Crippen molar-refractivity contribution in [3.63, 3.8) is 0 Å². The second kappa shape index (κ2) is 11.3. The normalized spacial score (nSPS) is 16.7. The van der Waals surface area contributed by atoms with Crippen LogP contribution < -0.4 is 19.7 Å². The Kier molecular flexibility index (Phi) is 7.45. The molecule has 2 aliphatic heterocycles. The molecule has 1 N–H and O–H groups in total. The van der Waals surface area contributed by atoms with E-state index in [1.807, 2.05) is 98.2 Å². The Labute approximate surface area is 243 Å². The molecule has 6 rings (SSSR count). The van der Waals surface area contributed by atoms with E-state index in [0.717, 1.165) is 40.1 Å². The average Bonchev–Trinajstić information content (AvgIpc) is 3.58. The SMILES string of the molecule is CC[C@@H](C)NC(=O)CN1C(=O)CS[C@H](c2ccc3c(c2)OCO3)c2c(-c3ccccc3)nn(-c3cccc(C)c3)c21. The summed E-state index contributed by atoms with van der Waals surface area (Å²) >= 11 is 1.53. The highest BCUT2D eigenvalue weighted by atomic mass is 32.2. The number of hydrogen-bond donors (Lipinski definition) is 1. The second-order valence-electron chi connectivity index (χ2n) is 10.4. The first-order valence-corrected chi connectivity index (χ1v) is 14.8. The Bertz CT molecular complexity index is 1600. The molecule has 0 saturated heterocycles. The van der Waals surface area contributed by atoms with E-state index in [2.05, 4.69) is 5.32 Å². The van der Waals surface area contributed by atoms with Crippen LogP contribution in [0, 0.1) is 6.92 Å². The number of ether oxygens (including phenoxy) is 2. The van der Waals surface area contributed by atoms with Gasteiger partial charge in [0.15, 0.2) is 11.5 Å². The molecule has 0 bridgehead atoms. The molecule has 9 heteroatoms. The summed E-state index contributed by atoms with van der Waals surface area (Å²) in [6, 6.07) is 23.9. The van der Waals surface area contributed by atoms with Gasteiger partial charge < -0.3 is 14.8 Å². The van der Waals surface area contributed by atoms with Gasteiger partial charge in [-0.05, 0) is 55.7 Å². The van der Waals surface area contributed by atoms with Gasteiger partial charge in [0, 0.05) is 17.2 Å². The first-order chi connectivity index (χ1) is 19.9. The minimum atomic E-state index is -0.250. The number of nitrogens with zero attached hydrogens (tertiary/aromatic N) is 3. The summed E-state index contributed by atoms with van der Waals surface area (Å²) in [4.78, 5) is 28.7. The topological polar surface area (TPSA) is 85.7 Å². The summed E-state index contributed by atoms with van der Waals surface area (Å²) in [5.74, 6) is 1.83. The lowest BCUT2D eigenvalue weighted by Crippen LogP contribution is -2.44. The van der Waals surface area contributed by atoms with Crippen LogP contribution in [0.2, 0.25) is 0 Å². The molecule has 0 saturated carbocycles. The fourth-order valence-corrected chi connectivity index (χ4v) is 6.36. The number of amides is 2. The van der Waals surface area contributed by atoms with Gasteiger partial charge in [-0.2, -0.15) is 5.10 Å². The van der Waals surface area contributed by atoms with Crippen molar-refractivity contribution < 1.29 is 19.1 Å². The zero-order valence-electron chi connectivity index (χ0n) is 23.3. The molecule has 1 aromatic heterocycles. The average molecular weight is 569 g/mol. The summed E-state index contributed by atoms with van der Waals surface area (Å²) in [7, 11) is 0. The number of thioether (sulfide) groups is 1. The van der Waals surface area contributed by atoms with Gasteiger partial charge in [0.1, 0.15) is 12.4 Å². The summed E-state index contributed by atoms with van der Waals surface area (Å²) in [5.41, 5.74) is 5.43. The number of benzene rings is 3. The Hall–Kier alpha value is -4.24. The van der Waals surface area contributed by atoms with Gasteiger partial charge in [0.05, 0.1) is 22.4 Å². The molecule has 8 nitrogen and oxygen atoms in total. The zero-order valence-corrected chi connectivity index (χ0v) is 24.1. The maximum atomic E-state index is 13.9. The molecule has 2 amide bonds. The summed E-state index contributed by atoms with van der Waals surface area (Å²) < 4.78 is 13.1. The Balaban J connectivity index is 1.59. The third-order valence-corrected chi connectivity index (χ3v) is 8.66. The van der Waals surface area contributed by atoms with Crippen molar-refractivity contribution in [2.45, 2.75) is 38.5 Å². The van der Waals surface area contributed by atoms with Crippen LogP contribution in [0.25, 0.3) is 16.9 Å². The third kappa shape index (κ3) is 5.29. The van der Waals surface area contributed by atoms with Crippen molar-refractivity contribution in [1.82, 2.24) is 15.1 Å². The molecule has 3 aromatic carbocycles. The number of nitrogens with one attached hydrogen (secondary N) is 1. The first-order valence-electron chi connectivity index (χ1n) is 13.8. The van der Waals surface area contributed by atoms with Gasteiger partial charge in [-0.15, -0.1) is 11.8 Å². The highest BCUT2D eigenvalue weighted by Gasteiger charge is 2.38. The monoisotopic (exact) mass is 568 g/mol. The predicted octanol–water partition coefficient (Wildman–Crippen LogP) is 5.66. The molecule has 3 heterocycles. The molecule has 2 aliphatic rings. The molecule has 0 radical (unpaired) electrons. The zero-order chi connectivity index (χ0) is 28.5. The molecule has 0 fully saturated rings. The van der Waals surface area contributed by atoms with Gasteiger partial charge in [0.2, 0.25) is 18.6 Å². The van der Waals surface area contributed by atoms with Crippen molar-refractivity contribution in [1.29, 1.82) is 0 Å². The first kappa shape index (κ1) is 27.0. The molecule has 0 unspecified atom stereocenters. The van der Waals surface area contributed by atoms with Gasteiger partial charge in [-0.1, -0.05) is 55.5 Å². The highest BCUT2D eigenvalue weighted by molar-refractivity contribution is 8.00. The van der Waals surface area contributed by atoms with E-state index in [4.69, 9.17) is 14.6 Å². The minimum absolute atomic E-state index is 0.00127. The maximum absolute atomic E-state index is 13.9. The fraction of sp³-hybridized carbons (Fsp3) is 0.281. The van der Waals surface area contributed by atoms with Crippen LogP contribution in [0.3, 0.4) is 0 Å². The second-order valence-corrected chi connectivity index (χ2v) is 11.5. The number of aromatic nitrogens is 2. The van der Waals surface area contributed by atoms with E-state index >= 15 is 0 Å². The third-order valence-electron chi connectivity index (χ3n) is 7.40. The highest BCUT2D eigenvalue weighted by Crippen LogP contribution is 2.50. The molecule has 4 aromatic rings. The van der Waals surface area contributed by atoms with E-state index in [0.29, 0.717) is 17.3 Å². The number of anilines is 1. The number of hydrogen-bond acceptors (Lipinski definition) is 6.